The van der Waals surface area contributed by atoms with Gasteiger partial charge in [0.15, 0.2) is 6.10 Å². The van der Waals surface area contributed by atoms with Crippen LogP contribution < -0.4 is 4.90 Å². The smallest absolute Gasteiger partial charge is 0.339 e. The molecular formula is C20H19N3O5. The van der Waals surface area contributed by atoms with Gasteiger partial charge in [-0.05, 0) is 17.7 Å². The van der Waals surface area contributed by atoms with Crippen LogP contribution in [0.1, 0.15) is 15.9 Å². The lowest BCUT2D eigenvalue weighted by molar-refractivity contribution is -0.384. The molecule has 0 bridgehead atoms. The molecule has 8 heteroatoms. The van der Waals surface area contributed by atoms with E-state index in [-0.39, 0.29) is 11.6 Å². The Morgan fingerprint density at radius 3 is 2.46 bits per heavy atom. The summed E-state index contributed by atoms with van der Waals surface area (Å²) in [6.07, 6.45) is -0.453. The van der Waals surface area contributed by atoms with E-state index in [1.807, 2.05) is 17.0 Å². The number of piperazine rings is 1. The van der Waals surface area contributed by atoms with Crippen LogP contribution in [0.15, 0.2) is 48.5 Å². The number of nitro benzene ring substituents is 1. The van der Waals surface area contributed by atoms with Crippen LogP contribution in [-0.2, 0) is 16.0 Å². The summed E-state index contributed by atoms with van der Waals surface area (Å²) in [6, 6.07) is 13.7. The highest BCUT2D eigenvalue weighted by Crippen LogP contribution is 2.29. The van der Waals surface area contributed by atoms with E-state index < -0.39 is 17.0 Å². The predicted molar refractivity (Wildman–Crippen MR) is 101 cm³/mol. The van der Waals surface area contributed by atoms with Gasteiger partial charge in [0.2, 0.25) is 0 Å². The van der Waals surface area contributed by atoms with E-state index in [0.717, 1.165) is 5.56 Å². The number of ether oxygens (including phenoxy) is 1. The highest BCUT2D eigenvalue weighted by Gasteiger charge is 2.35. The summed E-state index contributed by atoms with van der Waals surface area (Å²) in [5.74, 6) is -0.691. The van der Waals surface area contributed by atoms with Gasteiger partial charge in [0.25, 0.3) is 11.6 Å². The van der Waals surface area contributed by atoms with E-state index in [0.29, 0.717) is 43.9 Å². The molecule has 0 N–H and O–H groups in total. The number of esters is 1. The van der Waals surface area contributed by atoms with Gasteiger partial charge in [-0.2, -0.15) is 0 Å². The summed E-state index contributed by atoms with van der Waals surface area (Å²) in [5.41, 5.74) is 1.93. The summed E-state index contributed by atoms with van der Waals surface area (Å²) >= 11 is 0. The Morgan fingerprint density at radius 2 is 1.71 bits per heavy atom. The largest absolute Gasteiger partial charge is 0.448 e. The van der Waals surface area contributed by atoms with Crippen molar-refractivity contribution in [2.75, 3.05) is 31.1 Å². The quantitative estimate of drug-likeness (QED) is 0.459. The second kappa shape index (κ2) is 7.30. The number of nitrogens with zero attached hydrogens (tertiary/aromatic N) is 3. The van der Waals surface area contributed by atoms with Crippen LogP contribution in [0.3, 0.4) is 0 Å². The van der Waals surface area contributed by atoms with Gasteiger partial charge >= 0.3 is 5.97 Å². The third kappa shape index (κ3) is 3.28. The van der Waals surface area contributed by atoms with Crippen molar-refractivity contribution >= 4 is 23.3 Å². The zero-order valence-corrected chi connectivity index (χ0v) is 15.1. The molecule has 0 saturated carbocycles. The number of carbonyl (C=O) groups excluding carboxylic acids is 2. The van der Waals surface area contributed by atoms with Crippen molar-refractivity contribution in [1.82, 2.24) is 4.90 Å². The van der Waals surface area contributed by atoms with Gasteiger partial charge in [0.1, 0.15) is 5.69 Å². The van der Waals surface area contributed by atoms with E-state index in [4.69, 9.17) is 4.74 Å². The van der Waals surface area contributed by atoms with Crippen LogP contribution in [0.25, 0.3) is 0 Å². The maximum absolute atomic E-state index is 12.8. The first kappa shape index (κ1) is 18.0. The lowest BCUT2D eigenvalue weighted by Gasteiger charge is -2.37. The maximum atomic E-state index is 12.8. The van der Waals surface area contributed by atoms with E-state index >= 15 is 0 Å². The third-order valence-electron chi connectivity index (χ3n) is 5.18. The molecule has 1 saturated heterocycles. The molecule has 2 aromatic rings. The molecule has 1 unspecified atom stereocenters. The molecule has 2 aliphatic heterocycles. The number of anilines is 1. The van der Waals surface area contributed by atoms with E-state index in [2.05, 4.69) is 0 Å². The van der Waals surface area contributed by atoms with Crippen molar-refractivity contribution in [2.24, 2.45) is 0 Å². The van der Waals surface area contributed by atoms with Gasteiger partial charge in [0, 0.05) is 38.7 Å². The van der Waals surface area contributed by atoms with Crippen LogP contribution in [0.2, 0.25) is 0 Å². The van der Waals surface area contributed by atoms with E-state index in [9.17, 15) is 19.7 Å². The lowest BCUT2D eigenvalue weighted by atomic mass is 9.98. The first-order valence-electron chi connectivity index (χ1n) is 9.10. The van der Waals surface area contributed by atoms with Crippen LogP contribution in [0.4, 0.5) is 11.4 Å². The summed E-state index contributed by atoms with van der Waals surface area (Å²) in [4.78, 5) is 39.4. The van der Waals surface area contributed by atoms with Gasteiger partial charge in [-0.15, -0.1) is 0 Å². The SMILES string of the molecule is O=C1OC(C(=O)N2CCN(c3ccccc3[N+](=O)[O-])CC2)Cc2ccccc21. The molecule has 2 aliphatic rings. The zero-order valence-electron chi connectivity index (χ0n) is 15.1. The topological polar surface area (TPSA) is 93.0 Å². The zero-order chi connectivity index (χ0) is 19.7. The minimum Gasteiger partial charge on any atom is -0.448 e. The van der Waals surface area contributed by atoms with Crippen molar-refractivity contribution < 1.29 is 19.2 Å². The molecule has 2 aromatic carbocycles. The Kier molecular flexibility index (Phi) is 4.68. The van der Waals surface area contributed by atoms with Crippen molar-refractivity contribution in [2.45, 2.75) is 12.5 Å². The molecule has 1 amide bonds. The van der Waals surface area contributed by atoms with E-state index in [1.165, 1.54) is 6.07 Å². The molecule has 0 spiro atoms. The van der Waals surface area contributed by atoms with E-state index in [1.54, 1.807) is 35.2 Å². The number of rotatable bonds is 3. The first-order chi connectivity index (χ1) is 13.5. The Labute approximate surface area is 161 Å². The molecule has 8 nitrogen and oxygen atoms in total. The minimum absolute atomic E-state index is 0.0556. The average molecular weight is 381 g/mol. The normalized spacial score (nSPS) is 19.0. The number of carbonyl (C=O) groups is 2. The van der Waals surface area contributed by atoms with Crippen molar-refractivity contribution in [3.8, 4) is 0 Å². The second-order valence-electron chi connectivity index (χ2n) is 6.81. The number of nitro groups is 1. The molecule has 144 valence electrons. The Morgan fingerprint density at radius 1 is 1.04 bits per heavy atom. The number of fused-ring (bicyclic) bond motifs is 1. The molecular weight excluding hydrogens is 362 g/mol. The summed E-state index contributed by atoms with van der Waals surface area (Å²) in [5, 5.41) is 11.2. The van der Waals surface area contributed by atoms with Crippen molar-refractivity contribution in [1.29, 1.82) is 0 Å². The van der Waals surface area contributed by atoms with Crippen LogP contribution >= 0.6 is 0 Å². The first-order valence-corrected chi connectivity index (χ1v) is 9.10. The Bertz CT molecular complexity index is 937. The predicted octanol–water partition coefficient (Wildman–Crippen LogP) is 2.03. The van der Waals surface area contributed by atoms with Gasteiger partial charge in [-0.1, -0.05) is 30.3 Å². The third-order valence-corrected chi connectivity index (χ3v) is 5.18. The summed E-state index contributed by atoms with van der Waals surface area (Å²) < 4.78 is 5.36. The molecule has 0 radical (unpaired) electrons. The fourth-order valence-corrected chi connectivity index (χ4v) is 3.73. The summed E-state index contributed by atoms with van der Waals surface area (Å²) in [6.45, 7) is 1.79. The van der Waals surface area contributed by atoms with Gasteiger partial charge in [-0.3, -0.25) is 14.9 Å². The highest BCUT2D eigenvalue weighted by atomic mass is 16.6. The molecule has 0 aromatic heterocycles. The number of benzene rings is 2. The second-order valence-corrected chi connectivity index (χ2v) is 6.81. The fourth-order valence-electron chi connectivity index (χ4n) is 3.73. The molecule has 1 atom stereocenters. The highest BCUT2D eigenvalue weighted by molar-refractivity contribution is 5.95. The van der Waals surface area contributed by atoms with Crippen molar-refractivity contribution in [3.63, 3.8) is 0 Å². The molecule has 4 rings (SSSR count). The monoisotopic (exact) mass is 381 g/mol. The Balaban J connectivity index is 1.43. The minimum atomic E-state index is -0.819. The molecule has 28 heavy (non-hydrogen) atoms. The van der Waals surface area contributed by atoms with Gasteiger partial charge in [0.05, 0.1) is 10.5 Å². The number of cyclic esters (lactones) is 1. The Hall–Kier alpha value is -3.42. The number of amides is 1. The maximum Gasteiger partial charge on any atom is 0.339 e. The standard InChI is InChI=1S/C20H19N3O5/c24-19(18-13-14-5-1-2-6-15(14)20(25)28-18)22-11-9-21(10-12-22)16-7-3-4-8-17(16)23(26)27/h1-8,18H,9-13H2. The van der Waals surface area contributed by atoms with Crippen LogP contribution in [-0.4, -0.2) is 54.0 Å². The molecule has 2 heterocycles. The number of para-hydroxylation sites is 2. The summed E-state index contributed by atoms with van der Waals surface area (Å²) in [7, 11) is 0. The molecule has 0 aliphatic carbocycles. The van der Waals surface area contributed by atoms with Gasteiger partial charge in [-0.25, -0.2) is 4.79 Å². The van der Waals surface area contributed by atoms with Gasteiger partial charge < -0.3 is 14.5 Å². The van der Waals surface area contributed by atoms with Crippen LogP contribution in [0, 0.1) is 10.1 Å². The average Bonchev–Trinajstić information content (AvgIpc) is 2.73. The fraction of sp³-hybridized carbons (Fsp3) is 0.300. The lowest BCUT2D eigenvalue weighted by Crippen LogP contribution is -2.53. The number of hydrogen-bond donors (Lipinski definition) is 0. The number of hydrogen-bond acceptors (Lipinski definition) is 6. The van der Waals surface area contributed by atoms with Crippen LogP contribution in [0.5, 0.6) is 0 Å². The van der Waals surface area contributed by atoms with Crippen molar-refractivity contribution in [3.05, 3.63) is 69.8 Å². The molecule has 1 fully saturated rings.